The van der Waals surface area contributed by atoms with Crippen LogP contribution in [0.3, 0.4) is 0 Å². The van der Waals surface area contributed by atoms with Gasteiger partial charge in [-0.2, -0.15) is 0 Å². The third kappa shape index (κ3) is 1.50. The fraction of sp³-hybridized carbons (Fsp3) is 0.111. The normalized spacial score (nSPS) is 9.42. The van der Waals surface area contributed by atoms with Gasteiger partial charge in [0.05, 0.1) is 0 Å². The van der Waals surface area contributed by atoms with Gasteiger partial charge >= 0.3 is 0 Å². The standard InChI is InChI=1S/C9H10N2O/c1-3-7-5-11-8(9(10)12)4-6(7)2/h3-5H,1H2,2H3,(H2,10,12). The highest BCUT2D eigenvalue weighted by molar-refractivity contribution is 5.91. The zero-order valence-electron chi connectivity index (χ0n) is 6.87. The first kappa shape index (κ1) is 8.46. The summed E-state index contributed by atoms with van der Waals surface area (Å²) >= 11 is 0. The molecule has 1 aromatic heterocycles. The Labute approximate surface area is 70.9 Å². The lowest BCUT2D eigenvalue weighted by atomic mass is 10.1. The van der Waals surface area contributed by atoms with Crippen LogP contribution in [0.1, 0.15) is 21.6 Å². The number of aryl methyl sites for hydroxylation is 1. The SMILES string of the molecule is C=Cc1cnc(C(N)=O)cc1C. The van der Waals surface area contributed by atoms with Crippen molar-refractivity contribution in [2.24, 2.45) is 5.73 Å². The van der Waals surface area contributed by atoms with Crippen molar-refractivity contribution in [3.63, 3.8) is 0 Å². The van der Waals surface area contributed by atoms with Crippen molar-refractivity contribution in [1.82, 2.24) is 4.98 Å². The molecule has 0 atom stereocenters. The van der Waals surface area contributed by atoms with Crippen LogP contribution in [0.2, 0.25) is 0 Å². The summed E-state index contributed by atoms with van der Waals surface area (Å²) < 4.78 is 0. The van der Waals surface area contributed by atoms with Crippen molar-refractivity contribution >= 4 is 12.0 Å². The summed E-state index contributed by atoms with van der Waals surface area (Å²) in [5.41, 5.74) is 7.21. The van der Waals surface area contributed by atoms with Gasteiger partial charge in [-0.3, -0.25) is 9.78 Å². The molecule has 0 aliphatic rings. The number of amides is 1. The Bertz CT molecular complexity index is 331. The first-order valence-electron chi connectivity index (χ1n) is 3.54. The topological polar surface area (TPSA) is 56.0 Å². The molecule has 0 radical (unpaired) electrons. The molecule has 12 heavy (non-hydrogen) atoms. The minimum Gasteiger partial charge on any atom is -0.364 e. The van der Waals surface area contributed by atoms with Gasteiger partial charge in [-0.1, -0.05) is 12.7 Å². The predicted octanol–water partition coefficient (Wildman–Crippen LogP) is 1.13. The molecule has 62 valence electrons. The molecule has 0 aromatic carbocycles. The molecule has 1 heterocycles. The summed E-state index contributed by atoms with van der Waals surface area (Å²) in [7, 11) is 0. The van der Waals surface area contributed by atoms with E-state index in [-0.39, 0.29) is 5.69 Å². The van der Waals surface area contributed by atoms with Crippen LogP contribution in [0.4, 0.5) is 0 Å². The number of carbonyl (C=O) groups is 1. The molecule has 2 N–H and O–H groups in total. The van der Waals surface area contributed by atoms with Crippen molar-refractivity contribution in [2.75, 3.05) is 0 Å². The Morgan fingerprint density at radius 1 is 1.75 bits per heavy atom. The molecule has 0 saturated carbocycles. The highest BCUT2D eigenvalue weighted by atomic mass is 16.1. The maximum absolute atomic E-state index is 10.7. The van der Waals surface area contributed by atoms with Crippen molar-refractivity contribution in [1.29, 1.82) is 0 Å². The van der Waals surface area contributed by atoms with Gasteiger partial charge < -0.3 is 5.73 Å². The van der Waals surface area contributed by atoms with Crippen molar-refractivity contribution in [2.45, 2.75) is 6.92 Å². The van der Waals surface area contributed by atoms with Gasteiger partial charge in [-0.25, -0.2) is 0 Å². The number of aromatic nitrogens is 1. The fourth-order valence-electron chi connectivity index (χ4n) is 0.915. The van der Waals surface area contributed by atoms with Gasteiger partial charge in [0.15, 0.2) is 0 Å². The van der Waals surface area contributed by atoms with Gasteiger partial charge in [0.25, 0.3) is 5.91 Å². The largest absolute Gasteiger partial charge is 0.364 e. The van der Waals surface area contributed by atoms with E-state index in [0.717, 1.165) is 11.1 Å². The monoisotopic (exact) mass is 162 g/mol. The van der Waals surface area contributed by atoms with E-state index in [1.54, 1.807) is 18.3 Å². The smallest absolute Gasteiger partial charge is 0.267 e. The van der Waals surface area contributed by atoms with Crippen LogP contribution in [0, 0.1) is 6.92 Å². The summed E-state index contributed by atoms with van der Waals surface area (Å²) in [6.07, 6.45) is 3.27. The molecule has 0 fully saturated rings. The third-order valence-electron chi connectivity index (χ3n) is 1.62. The summed E-state index contributed by atoms with van der Waals surface area (Å²) in [6, 6.07) is 1.65. The molecule has 1 rings (SSSR count). The Hall–Kier alpha value is -1.64. The first-order chi connectivity index (χ1) is 5.65. The number of carbonyl (C=O) groups excluding carboxylic acids is 1. The minimum absolute atomic E-state index is 0.290. The highest BCUT2D eigenvalue weighted by Crippen LogP contribution is 2.08. The van der Waals surface area contributed by atoms with E-state index in [2.05, 4.69) is 11.6 Å². The Morgan fingerprint density at radius 2 is 2.42 bits per heavy atom. The predicted molar refractivity (Wildman–Crippen MR) is 47.6 cm³/mol. The van der Waals surface area contributed by atoms with E-state index in [1.807, 2.05) is 6.92 Å². The number of rotatable bonds is 2. The Morgan fingerprint density at radius 3 is 2.83 bits per heavy atom. The molecule has 0 aliphatic heterocycles. The third-order valence-corrected chi connectivity index (χ3v) is 1.62. The molecule has 3 nitrogen and oxygen atoms in total. The average Bonchev–Trinajstić information content (AvgIpc) is 2.04. The van der Waals surface area contributed by atoms with Gasteiger partial charge in [0.1, 0.15) is 5.69 Å². The second-order valence-corrected chi connectivity index (χ2v) is 2.49. The van der Waals surface area contributed by atoms with Crippen LogP contribution in [-0.4, -0.2) is 10.9 Å². The summed E-state index contributed by atoms with van der Waals surface area (Å²) in [4.78, 5) is 14.6. The van der Waals surface area contributed by atoms with E-state index in [0.29, 0.717) is 0 Å². The van der Waals surface area contributed by atoms with E-state index in [9.17, 15) is 4.79 Å². The zero-order chi connectivity index (χ0) is 9.14. The first-order valence-corrected chi connectivity index (χ1v) is 3.54. The minimum atomic E-state index is -0.506. The van der Waals surface area contributed by atoms with Crippen LogP contribution in [0.15, 0.2) is 18.8 Å². The maximum atomic E-state index is 10.7. The quantitative estimate of drug-likeness (QED) is 0.708. The second kappa shape index (κ2) is 3.17. The van der Waals surface area contributed by atoms with E-state index in [1.165, 1.54) is 0 Å². The molecule has 0 saturated heterocycles. The molecular weight excluding hydrogens is 152 g/mol. The molecule has 3 heteroatoms. The average molecular weight is 162 g/mol. The van der Waals surface area contributed by atoms with Crippen LogP contribution in [0.25, 0.3) is 6.08 Å². The van der Waals surface area contributed by atoms with Crippen molar-refractivity contribution < 1.29 is 4.79 Å². The Kier molecular flexibility index (Phi) is 2.24. The maximum Gasteiger partial charge on any atom is 0.267 e. The number of hydrogen-bond acceptors (Lipinski definition) is 2. The van der Waals surface area contributed by atoms with E-state index >= 15 is 0 Å². The lowest BCUT2D eigenvalue weighted by Gasteiger charge is -2.00. The highest BCUT2D eigenvalue weighted by Gasteiger charge is 2.02. The van der Waals surface area contributed by atoms with Gasteiger partial charge in [-0.15, -0.1) is 0 Å². The van der Waals surface area contributed by atoms with Crippen molar-refractivity contribution in [3.8, 4) is 0 Å². The van der Waals surface area contributed by atoms with Gasteiger partial charge in [-0.05, 0) is 24.1 Å². The summed E-state index contributed by atoms with van der Waals surface area (Å²) in [5.74, 6) is -0.506. The molecule has 1 aromatic rings. The molecular formula is C9H10N2O. The number of nitrogens with two attached hydrogens (primary N) is 1. The molecule has 0 spiro atoms. The van der Waals surface area contributed by atoms with Crippen LogP contribution in [-0.2, 0) is 0 Å². The molecule has 0 bridgehead atoms. The molecule has 0 aliphatic carbocycles. The number of primary amides is 1. The lowest BCUT2D eigenvalue weighted by Crippen LogP contribution is -2.13. The zero-order valence-corrected chi connectivity index (χ0v) is 6.87. The number of pyridine rings is 1. The lowest BCUT2D eigenvalue weighted by molar-refractivity contribution is 0.0995. The van der Waals surface area contributed by atoms with E-state index < -0.39 is 5.91 Å². The van der Waals surface area contributed by atoms with Crippen molar-refractivity contribution in [3.05, 3.63) is 35.7 Å². The van der Waals surface area contributed by atoms with Crippen LogP contribution >= 0.6 is 0 Å². The number of hydrogen-bond donors (Lipinski definition) is 1. The summed E-state index contributed by atoms with van der Waals surface area (Å²) in [5, 5.41) is 0. The molecule has 1 amide bonds. The number of nitrogens with zero attached hydrogens (tertiary/aromatic N) is 1. The fourth-order valence-corrected chi connectivity index (χ4v) is 0.915. The van der Waals surface area contributed by atoms with E-state index in [4.69, 9.17) is 5.73 Å². The van der Waals surface area contributed by atoms with Gasteiger partial charge in [0.2, 0.25) is 0 Å². The van der Waals surface area contributed by atoms with Crippen LogP contribution < -0.4 is 5.73 Å². The molecule has 0 unspecified atom stereocenters. The Balaban J connectivity index is 3.18. The van der Waals surface area contributed by atoms with Crippen LogP contribution in [0.5, 0.6) is 0 Å². The van der Waals surface area contributed by atoms with Gasteiger partial charge in [0, 0.05) is 6.20 Å². The summed E-state index contributed by atoms with van der Waals surface area (Å²) in [6.45, 7) is 5.49. The second-order valence-electron chi connectivity index (χ2n) is 2.49.